The monoisotopic (exact) mass is 204 g/mol. The highest BCUT2D eigenvalue weighted by atomic mass is 16.5. The van der Waals surface area contributed by atoms with Gasteiger partial charge in [0.25, 0.3) is 6.47 Å². The third-order valence-corrected chi connectivity index (χ3v) is 1.31. The van der Waals surface area contributed by atoms with Gasteiger partial charge in [-0.05, 0) is 13.8 Å². The predicted octanol–water partition coefficient (Wildman–Crippen LogP) is -0.722. The van der Waals surface area contributed by atoms with Crippen LogP contribution in [0.1, 0.15) is 13.8 Å². The highest BCUT2D eigenvalue weighted by molar-refractivity contribution is 5.82. The quantitative estimate of drug-likeness (QED) is 0.405. The van der Waals surface area contributed by atoms with Crippen molar-refractivity contribution in [3.8, 4) is 0 Å². The number of ether oxygens (including phenoxy) is 1. The largest absolute Gasteiger partial charge is 0.480 e. The van der Waals surface area contributed by atoms with Gasteiger partial charge in [-0.15, -0.1) is 0 Å². The van der Waals surface area contributed by atoms with E-state index in [0.29, 0.717) is 0 Å². The smallest absolute Gasteiger partial charge is 0.325 e. The van der Waals surface area contributed by atoms with Crippen LogP contribution in [0.4, 0.5) is 4.79 Å². The van der Waals surface area contributed by atoms with Gasteiger partial charge >= 0.3 is 12.0 Å². The van der Waals surface area contributed by atoms with Crippen molar-refractivity contribution in [2.45, 2.75) is 26.1 Å². The van der Waals surface area contributed by atoms with Crippen LogP contribution in [0.15, 0.2) is 0 Å². The topological polar surface area (TPSA) is 105 Å². The summed E-state index contributed by atoms with van der Waals surface area (Å²) < 4.78 is 4.35. The van der Waals surface area contributed by atoms with Crippen molar-refractivity contribution in [3.05, 3.63) is 0 Å². The minimum atomic E-state index is -1.15. The van der Waals surface area contributed by atoms with Crippen LogP contribution in [-0.2, 0) is 14.3 Å². The number of carbonyl (C=O) groups excluding carboxylic acids is 2. The van der Waals surface area contributed by atoms with Crippen molar-refractivity contribution >= 4 is 18.5 Å². The Labute approximate surface area is 80.4 Å². The molecule has 2 amide bonds. The zero-order valence-corrected chi connectivity index (χ0v) is 7.81. The lowest BCUT2D eigenvalue weighted by atomic mass is 10.3. The fourth-order valence-electron chi connectivity index (χ4n) is 0.602. The molecular weight excluding hydrogens is 192 g/mol. The zero-order valence-electron chi connectivity index (χ0n) is 7.81. The third kappa shape index (κ3) is 4.96. The molecule has 0 radical (unpaired) electrons. The number of nitrogens with one attached hydrogen (secondary N) is 2. The van der Waals surface area contributed by atoms with Crippen LogP contribution in [0.25, 0.3) is 0 Å². The molecule has 0 aliphatic heterocycles. The molecule has 7 nitrogen and oxygen atoms in total. The van der Waals surface area contributed by atoms with Gasteiger partial charge in [0.1, 0.15) is 6.04 Å². The second-order valence-corrected chi connectivity index (χ2v) is 2.55. The Morgan fingerprint density at radius 2 is 1.93 bits per heavy atom. The summed E-state index contributed by atoms with van der Waals surface area (Å²) in [5, 5.41) is 12.8. The molecule has 0 aromatic rings. The van der Waals surface area contributed by atoms with Crippen LogP contribution < -0.4 is 10.6 Å². The molecule has 3 N–H and O–H groups in total. The molecule has 2 atom stereocenters. The first kappa shape index (κ1) is 12.2. The van der Waals surface area contributed by atoms with Gasteiger partial charge in [0.05, 0.1) is 0 Å². The normalized spacial score (nSPS) is 13.6. The lowest BCUT2D eigenvalue weighted by molar-refractivity contribution is -0.139. The van der Waals surface area contributed by atoms with Crippen LogP contribution in [0.2, 0.25) is 0 Å². The molecule has 0 aromatic heterocycles. The summed E-state index contributed by atoms with van der Waals surface area (Å²) in [5.41, 5.74) is 0. The van der Waals surface area contributed by atoms with E-state index in [1.165, 1.54) is 13.8 Å². The lowest BCUT2D eigenvalue weighted by Gasteiger charge is -2.14. The predicted molar refractivity (Wildman–Crippen MR) is 45.4 cm³/mol. The van der Waals surface area contributed by atoms with Gasteiger partial charge in [-0.1, -0.05) is 0 Å². The van der Waals surface area contributed by atoms with Gasteiger partial charge in [0.15, 0.2) is 6.23 Å². The second kappa shape index (κ2) is 5.79. The number of aliphatic carboxylic acids is 1. The molecule has 0 aliphatic carbocycles. The Morgan fingerprint density at radius 1 is 1.36 bits per heavy atom. The maximum absolute atomic E-state index is 11.0. The van der Waals surface area contributed by atoms with E-state index < -0.39 is 24.3 Å². The van der Waals surface area contributed by atoms with Crippen molar-refractivity contribution in [1.82, 2.24) is 10.6 Å². The van der Waals surface area contributed by atoms with Crippen molar-refractivity contribution in [2.75, 3.05) is 0 Å². The van der Waals surface area contributed by atoms with Gasteiger partial charge in [0, 0.05) is 0 Å². The number of urea groups is 1. The molecule has 0 aliphatic rings. The summed E-state index contributed by atoms with van der Waals surface area (Å²) in [6.07, 6.45) is -0.798. The summed E-state index contributed by atoms with van der Waals surface area (Å²) in [6.45, 7) is 2.93. The zero-order chi connectivity index (χ0) is 11.1. The SMILES string of the molecule is CC(NC(=O)NC(C)C(=O)O)OC=O. The van der Waals surface area contributed by atoms with Crippen LogP contribution in [0.3, 0.4) is 0 Å². The van der Waals surface area contributed by atoms with E-state index in [4.69, 9.17) is 5.11 Å². The molecule has 0 fully saturated rings. The summed E-state index contributed by atoms with van der Waals surface area (Å²) in [5.74, 6) is -1.15. The van der Waals surface area contributed by atoms with Crippen molar-refractivity contribution in [3.63, 3.8) is 0 Å². The van der Waals surface area contributed by atoms with Gasteiger partial charge in [-0.25, -0.2) is 4.79 Å². The second-order valence-electron chi connectivity index (χ2n) is 2.55. The lowest BCUT2D eigenvalue weighted by Crippen LogP contribution is -2.47. The Balaban J connectivity index is 3.86. The molecule has 0 heterocycles. The maximum atomic E-state index is 11.0. The van der Waals surface area contributed by atoms with E-state index in [-0.39, 0.29) is 6.47 Å². The van der Waals surface area contributed by atoms with E-state index >= 15 is 0 Å². The standard InChI is InChI=1S/C7H12N2O5/c1-4(6(11)12)8-7(13)9-5(2)14-3-10/h3-5H,1-2H3,(H,11,12)(H2,8,9,13). The number of carboxylic acids is 1. The molecule has 7 heteroatoms. The van der Waals surface area contributed by atoms with E-state index in [0.717, 1.165) is 0 Å². The first-order valence-electron chi connectivity index (χ1n) is 3.86. The average molecular weight is 204 g/mol. The molecular formula is C7H12N2O5. The van der Waals surface area contributed by atoms with Gasteiger partial charge in [-0.2, -0.15) is 0 Å². The number of rotatable bonds is 5. The molecule has 0 saturated heterocycles. The van der Waals surface area contributed by atoms with Crippen molar-refractivity contribution in [2.24, 2.45) is 0 Å². The average Bonchev–Trinajstić information content (AvgIpc) is 2.03. The van der Waals surface area contributed by atoms with Crippen LogP contribution in [0.5, 0.6) is 0 Å². The Bertz CT molecular complexity index is 230. The van der Waals surface area contributed by atoms with Gasteiger partial charge < -0.3 is 20.5 Å². The van der Waals surface area contributed by atoms with Gasteiger partial charge in [-0.3, -0.25) is 9.59 Å². The summed E-state index contributed by atoms with van der Waals surface area (Å²) >= 11 is 0. The van der Waals surface area contributed by atoms with E-state index in [2.05, 4.69) is 15.4 Å². The van der Waals surface area contributed by atoms with Crippen LogP contribution in [-0.4, -0.2) is 35.8 Å². The fraction of sp³-hybridized carbons (Fsp3) is 0.571. The number of carboxylic acid groups (broad SMARTS) is 1. The molecule has 0 spiro atoms. The first-order valence-corrected chi connectivity index (χ1v) is 3.86. The molecule has 2 unspecified atom stereocenters. The number of carbonyl (C=O) groups is 3. The fourth-order valence-corrected chi connectivity index (χ4v) is 0.602. The summed E-state index contributed by atoms with van der Waals surface area (Å²) in [6, 6.07) is -1.72. The molecule has 0 bridgehead atoms. The molecule has 0 aromatic carbocycles. The minimum Gasteiger partial charge on any atom is -0.480 e. The molecule has 14 heavy (non-hydrogen) atoms. The molecule has 0 saturated carbocycles. The van der Waals surface area contributed by atoms with E-state index in [1.54, 1.807) is 0 Å². The molecule has 80 valence electrons. The van der Waals surface area contributed by atoms with Gasteiger partial charge in [0.2, 0.25) is 0 Å². The first-order chi connectivity index (χ1) is 6.47. The Morgan fingerprint density at radius 3 is 2.36 bits per heavy atom. The highest BCUT2D eigenvalue weighted by Crippen LogP contribution is 1.84. The molecule has 0 rings (SSSR count). The Kier molecular flexibility index (Phi) is 5.05. The van der Waals surface area contributed by atoms with Crippen LogP contribution >= 0.6 is 0 Å². The number of amides is 2. The third-order valence-electron chi connectivity index (χ3n) is 1.31. The summed E-state index contributed by atoms with van der Waals surface area (Å²) in [4.78, 5) is 31.1. The number of hydrogen-bond acceptors (Lipinski definition) is 4. The highest BCUT2D eigenvalue weighted by Gasteiger charge is 2.14. The van der Waals surface area contributed by atoms with Crippen LogP contribution in [0, 0.1) is 0 Å². The summed E-state index contributed by atoms with van der Waals surface area (Å²) in [7, 11) is 0. The van der Waals surface area contributed by atoms with Crippen molar-refractivity contribution in [1.29, 1.82) is 0 Å². The van der Waals surface area contributed by atoms with E-state index in [1.807, 2.05) is 0 Å². The maximum Gasteiger partial charge on any atom is 0.325 e. The Hall–Kier alpha value is -1.79. The van der Waals surface area contributed by atoms with E-state index in [9.17, 15) is 14.4 Å². The number of hydrogen-bond donors (Lipinski definition) is 3. The minimum absolute atomic E-state index is 0.186. The van der Waals surface area contributed by atoms with Crippen molar-refractivity contribution < 1.29 is 24.2 Å².